The molecule has 2 amide bonds. The van der Waals surface area contributed by atoms with Crippen LogP contribution in [0.5, 0.6) is 0 Å². The Hall–Kier alpha value is -2.23. The van der Waals surface area contributed by atoms with Crippen LogP contribution in [0.2, 0.25) is 0 Å². The van der Waals surface area contributed by atoms with Crippen molar-refractivity contribution >= 4 is 33.2 Å². The van der Waals surface area contributed by atoms with Crippen LogP contribution in [0.25, 0.3) is 0 Å². The second-order valence-electron chi connectivity index (χ2n) is 6.13. The van der Waals surface area contributed by atoms with Crippen molar-refractivity contribution in [2.75, 3.05) is 13.1 Å². The van der Waals surface area contributed by atoms with E-state index in [2.05, 4.69) is 15.4 Å². The summed E-state index contributed by atoms with van der Waals surface area (Å²) >= 11 is 1.29. The number of aryl methyl sites for hydroxylation is 2. The monoisotopic (exact) mass is 409 g/mol. The summed E-state index contributed by atoms with van der Waals surface area (Å²) in [5, 5.41) is 6.98. The summed E-state index contributed by atoms with van der Waals surface area (Å²) in [5.74, 6) is -0.700. The van der Waals surface area contributed by atoms with E-state index >= 15 is 0 Å². The Bertz CT molecular complexity index is 909. The van der Waals surface area contributed by atoms with Gasteiger partial charge in [-0.3, -0.25) is 9.59 Å². The fraction of sp³-hybridized carbons (Fsp3) is 0.333. The molecular formula is C18H23N3O4S2. The van der Waals surface area contributed by atoms with Crippen LogP contribution in [-0.4, -0.2) is 39.4 Å². The Balaban J connectivity index is 1.81. The molecule has 0 aliphatic rings. The number of hydrogen-bond donors (Lipinski definition) is 3. The van der Waals surface area contributed by atoms with Gasteiger partial charge in [-0.05, 0) is 49.4 Å². The summed E-state index contributed by atoms with van der Waals surface area (Å²) in [6.07, 6.45) is 0. The van der Waals surface area contributed by atoms with E-state index in [1.807, 2.05) is 13.0 Å². The van der Waals surface area contributed by atoms with Gasteiger partial charge in [-0.15, -0.1) is 11.3 Å². The van der Waals surface area contributed by atoms with Crippen molar-refractivity contribution in [3.05, 3.63) is 51.7 Å². The molecule has 0 saturated carbocycles. The van der Waals surface area contributed by atoms with E-state index in [1.165, 1.54) is 11.3 Å². The SMILES string of the molecule is Cc1ccc(C)c(S(=O)(=O)NCCNC(=O)C(C)NC(=O)c2cccs2)c1. The zero-order valence-corrected chi connectivity index (χ0v) is 17.0. The molecular weight excluding hydrogens is 386 g/mol. The van der Waals surface area contributed by atoms with E-state index in [9.17, 15) is 18.0 Å². The number of sulfonamides is 1. The van der Waals surface area contributed by atoms with E-state index in [-0.39, 0.29) is 29.8 Å². The first-order valence-electron chi connectivity index (χ1n) is 8.39. The number of benzene rings is 1. The van der Waals surface area contributed by atoms with E-state index in [4.69, 9.17) is 0 Å². The number of thiophene rings is 1. The predicted octanol–water partition coefficient (Wildman–Crippen LogP) is 1.58. The molecule has 1 heterocycles. The third kappa shape index (κ3) is 5.88. The van der Waals surface area contributed by atoms with Crippen LogP contribution in [0.4, 0.5) is 0 Å². The normalized spacial score (nSPS) is 12.4. The van der Waals surface area contributed by atoms with Crippen LogP contribution in [-0.2, 0) is 14.8 Å². The number of carbonyl (C=O) groups excluding carboxylic acids is 2. The molecule has 0 aliphatic carbocycles. The summed E-state index contributed by atoms with van der Waals surface area (Å²) in [5.41, 5.74) is 1.51. The summed E-state index contributed by atoms with van der Waals surface area (Å²) < 4.78 is 27.2. The number of nitrogens with one attached hydrogen (secondary N) is 3. The van der Waals surface area contributed by atoms with Crippen LogP contribution in [0.1, 0.15) is 27.7 Å². The highest BCUT2D eigenvalue weighted by molar-refractivity contribution is 7.89. The third-order valence-electron chi connectivity index (χ3n) is 3.84. The first-order valence-corrected chi connectivity index (χ1v) is 10.8. The standard InChI is InChI=1S/C18H23N3O4S2/c1-12-6-7-13(2)16(11-12)27(24,25)20-9-8-19-17(22)14(3)21-18(23)15-5-4-10-26-15/h4-7,10-11,14,20H,8-9H2,1-3H3,(H,19,22)(H,21,23). The molecule has 146 valence electrons. The van der Waals surface area contributed by atoms with Crippen LogP contribution in [0.15, 0.2) is 40.6 Å². The maximum absolute atomic E-state index is 12.4. The molecule has 27 heavy (non-hydrogen) atoms. The van der Waals surface area contributed by atoms with Crippen molar-refractivity contribution in [2.45, 2.75) is 31.7 Å². The lowest BCUT2D eigenvalue weighted by atomic mass is 10.2. The molecule has 3 N–H and O–H groups in total. The Morgan fingerprint density at radius 3 is 2.56 bits per heavy atom. The van der Waals surface area contributed by atoms with Crippen LogP contribution >= 0.6 is 11.3 Å². The number of carbonyl (C=O) groups is 2. The van der Waals surface area contributed by atoms with Crippen molar-refractivity contribution in [1.29, 1.82) is 0 Å². The highest BCUT2D eigenvalue weighted by Crippen LogP contribution is 2.16. The van der Waals surface area contributed by atoms with E-state index in [0.29, 0.717) is 10.4 Å². The van der Waals surface area contributed by atoms with Gasteiger partial charge in [0.05, 0.1) is 9.77 Å². The van der Waals surface area contributed by atoms with Crippen molar-refractivity contribution in [3.63, 3.8) is 0 Å². The quantitative estimate of drug-likeness (QED) is 0.576. The van der Waals surface area contributed by atoms with Crippen molar-refractivity contribution < 1.29 is 18.0 Å². The Morgan fingerprint density at radius 1 is 1.15 bits per heavy atom. The Labute approximate surface area is 163 Å². The zero-order chi connectivity index (χ0) is 20.0. The molecule has 0 bridgehead atoms. The third-order valence-corrected chi connectivity index (χ3v) is 6.31. The molecule has 7 nitrogen and oxygen atoms in total. The molecule has 1 aromatic carbocycles. The summed E-state index contributed by atoms with van der Waals surface area (Å²) in [7, 11) is -3.65. The maximum Gasteiger partial charge on any atom is 0.261 e. The first kappa shape index (κ1) is 21.1. The van der Waals surface area contributed by atoms with Crippen molar-refractivity contribution in [1.82, 2.24) is 15.4 Å². The fourth-order valence-electron chi connectivity index (χ4n) is 2.34. The molecule has 0 aliphatic heterocycles. The number of hydrogen-bond acceptors (Lipinski definition) is 5. The molecule has 0 radical (unpaired) electrons. The highest BCUT2D eigenvalue weighted by Gasteiger charge is 2.18. The van der Waals surface area contributed by atoms with Gasteiger partial charge >= 0.3 is 0 Å². The molecule has 0 fully saturated rings. The smallest absolute Gasteiger partial charge is 0.261 e. The molecule has 1 aromatic heterocycles. The van der Waals surface area contributed by atoms with Gasteiger partial charge in [-0.25, -0.2) is 13.1 Å². The van der Waals surface area contributed by atoms with Crippen LogP contribution in [0, 0.1) is 13.8 Å². The molecule has 1 unspecified atom stereocenters. The van der Waals surface area contributed by atoms with Crippen LogP contribution in [0.3, 0.4) is 0 Å². The second kappa shape index (κ2) is 9.12. The van der Waals surface area contributed by atoms with E-state index in [0.717, 1.165) is 5.56 Å². The first-order chi connectivity index (χ1) is 12.7. The van der Waals surface area contributed by atoms with Gasteiger partial charge in [0.1, 0.15) is 6.04 Å². The average Bonchev–Trinajstić information content (AvgIpc) is 3.15. The lowest BCUT2D eigenvalue weighted by Gasteiger charge is -2.14. The Morgan fingerprint density at radius 2 is 1.89 bits per heavy atom. The molecule has 2 rings (SSSR count). The van der Waals surface area contributed by atoms with Gasteiger partial charge in [0.2, 0.25) is 15.9 Å². The molecule has 1 atom stereocenters. The van der Waals surface area contributed by atoms with E-state index in [1.54, 1.807) is 43.5 Å². The zero-order valence-electron chi connectivity index (χ0n) is 15.4. The largest absolute Gasteiger partial charge is 0.353 e. The minimum absolute atomic E-state index is 0.0487. The molecule has 9 heteroatoms. The number of rotatable bonds is 8. The molecule has 0 saturated heterocycles. The maximum atomic E-state index is 12.4. The van der Waals surface area contributed by atoms with Crippen LogP contribution < -0.4 is 15.4 Å². The fourth-order valence-corrected chi connectivity index (χ4v) is 4.33. The van der Waals surface area contributed by atoms with Gasteiger partial charge in [-0.2, -0.15) is 0 Å². The predicted molar refractivity (Wildman–Crippen MR) is 105 cm³/mol. The van der Waals surface area contributed by atoms with Crippen molar-refractivity contribution in [3.8, 4) is 0 Å². The lowest BCUT2D eigenvalue weighted by molar-refractivity contribution is -0.122. The Kier molecular flexibility index (Phi) is 7.11. The van der Waals surface area contributed by atoms with Gasteiger partial charge in [0.15, 0.2) is 0 Å². The van der Waals surface area contributed by atoms with E-state index < -0.39 is 16.1 Å². The summed E-state index contributed by atoms with van der Waals surface area (Å²) in [6.45, 7) is 5.29. The lowest BCUT2D eigenvalue weighted by Crippen LogP contribution is -2.46. The van der Waals surface area contributed by atoms with Gasteiger partial charge in [0.25, 0.3) is 5.91 Å². The average molecular weight is 410 g/mol. The highest BCUT2D eigenvalue weighted by atomic mass is 32.2. The van der Waals surface area contributed by atoms with Gasteiger partial charge in [0, 0.05) is 13.1 Å². The van der Waals surface area contributed by atoms with Crippen molar-refractivity contribution in [2.24, 2.45) is 0 Å². The van der Waals surface area contributed by atoms with Gasteiger partial charge < -0.3 is 10.6 Å². The van der Waals surface area contributed by atoms with Gasteiger partial charge in [-0.1, -0.05) is 18.2 Å². The minimum atomic E-state index is -3.65. The molecule has 0 spiro atoms. The second-order valence-corrected chi connectivity index (χ2v) is 8.81. The topological polar surface area (TPSA) is 104 Å². The minimum Gasteiger partial charge on any atom is -0.353 e. The number of amides is 2. The summed E-state index contributed by atoms with van der Waals surface area (Å²) in [4.78, 5) is 24.7. The molecule has 2 aromatic rings. The summed E-state index contributed by atoms with van der Waals surface area (Å²) in [6, 6.07) is 7.91.